The Kier molecular flexibility index (Phi) is 2.30. The van der Waals surface area contributed by atoms with Gasteiger partial charge in [-0.3, -0.25) is 0 Å². The molecule has 0 aliphatic heterocycles. The molecule has 0 nitrogen and oxygen atoms in total. The van der Waals surface area contributed by atoms with Gasteiger partial charge in [-0.2, -0.15) is 0 Å². The predicted molar refractivity (Wildman–Crippen MR) is 56.0 cm³/mol. The second-order valence-corrected chi connectivity index (χ2v) is 4.82. The molecule has 0 bridgehead atoms. The summed E-state index contributed by atoms with van der Waals surface area (Å²) in [6.07, 6.45) is 14.2. The lowest BCUT2D eigenvalue weighted by molar-refractivity contribution is 0.169. The van der Waals surface area contributed by atoms with Crippen molar-refractivity contribution in [2.75, 3.05) is 0 Å². The molecule has 0 atom stereocenters. The fourth-order valence-corrected chi connectivity index (χ4v) is 2.81. The van der Waals surface area contributed by atoms with Gasteiger partial charge in [-0.1, -0.05) is 25.3 Å². The number of rotatable bonds is 0. The van der Waals surface area contributed by atoms with Crippen molar-refractivity contribution < 1.29 is 0 Å². The van der Waals surface area contributed by atoms with Gasteiger partial charge in [0.2, 0.25) is 0 Å². The first-order chi connectivity index (χ1) is 5.81. The highest BCUT2D eigenvalue weighted by Gasteiger charge is 2.32. The molecule has 2 aliphatic carbocycles. The van der Waals surface area contributed by atoms with Crippen molar-refractivity contribution >= 4 is 7.85 Å². The summed E-state index contributed by atoms with van der Waals surface area (Å²) >= 11 is 0. The van der Waals surface area contributed by atoms with E-state index < -0.39 is 0 Å². The molecule has 1 fully saturated rings. The Morgan fingerprint density at radius 2 is 1.83 bits per heavy atom. The molecule has 2 rings (SSSR count). The smallest absolute Gasteiger partial charge is 0.114 e. The lowest BCUT2D eigenvalue weighted by Gasteiger charge is -2.39. The maximum atomic E-state index is 2.49. The molecular formula is C11H19B. The first-order valence-electron chi connectivity index (χ1n) is 5.46. The molecule has 2 aliphatic rings. The van der Waals surface area contributed by atoms with Crippen LogP contribution in [0.5, 0.6) is 0 Å². The topological polar surface area (TPSA) is 0 Å². The van der Waals surface area contributed by atoms with E-state index in [1.165, 1.54) is 51.4 Å². The third kappa shape index (κ3) is 1.60. The highest BCUT2D eigenvalue weighted by molar-refractivity contribution is 6.21. The Morgan fingerprint density at radius 3 is 2.42 bits per heavy atom. The summed E-state index contributed by atoms with van der Waals surface area (Å²) in [4.78, 5) is 0. The molecule has 0 amide bonds. The Balaban J connectivity index is 2.02. The summed E-state index contributed by atoms with van der Waals surface area (Å²) in [7, 11) is 2.29. The summed E-state index contributed by atoms with van der Waals surface area (Å²) in [5.74, 6) is 0. The van der Waals surface area contributed by atoms with Crippen molar-refractivity contribution in [3.05, 3.63) is 11.5 Å². The van der Waals surface area contributed by atoms with Gasteiger partial charge in [0.15, 0.2) is 0 Å². The maximum absolute atomic E-state index is 2.49. The van der Waals surface area contributed by atoms with Crippen LogP contribution in [0.3, 0.4) is 0 Å². The molecule has 1 spiro atoms. The molecule has 0 unspecified atom stereocenters. The van der Waals surface area contributed by atoms with Crippen molar-refractivity contribution in [3.8, 4) is 0 Å². The normalized spacial score (nSPS) is 28.5. The van der Waals surface area contributed by atoms with Crippen LogP contribution in [0.1, 0.15) is 51.4 Å². The van der Waals surface area contributed by atoms with E-state index in [9.17, 15) is 0 Å². The van der Waals surface area contributed by atoms with E-state index in [4.69, 9.17) is 0 Å². The van der Waals surface area contributed by atoms with E-state index in [1.54, 1.807) is 5.47 Å². The molecule has 1 heteroatoms. The van der Waals surface area contributed by atoms with Gasteiger partial charge in [-0.25, -0.2) is 0 Å². The summed E-state index contributed by atoms with van der Waals surface area (Å²) < 4.78 is 0. The van der Waals surface area contributed by atoms with Crippen LogP contribution < -0.4 is 0 Å². The number of allylic oxidation sites excluding steroid dienone is 2. The van der Waals surface area contributed by atoms with Gasteiger partial charge < -0.3 is 0 Å². The standard InChI is InChI=1S/C11H19B/c12-10-4-8-11(9-5-10)6-2-1-3-7-11/h4H,1-3,5-9,12H2. The Bertz CT molecular complexity index is 187. The summed E-state index contributed by atoms with van der Waals surface area (Å²) in [5.41, 5.74) is 2.39. The van der Waals surface area contributed by atoms with Crippen LogP contribution >= 0.6 is 0 Å². The SMILES string of the molecule is BC1=CCC2(CCCCC2)CC1. The van der Waals surface area contributed by atoms with Crippen molar-refractivity contribution in [1.82, 2.24) is 0 Å². The zero-order chi connectivity index (χ0) is 8.44. The summed E-state index contributed by atoms with van der Waals surface area (Å²) in [5, 5.41) is 0. The van der Waals surface area contributed by atoms with Crippen molar-refractivity contribution in [3.63, 3.8) is 0 Å². The second kappa shape index (κ2) is 3.28. The highest BCUT2D eigenvalue weighted by Crippen LogP contribution is 2.46. The third-order valence-electron chi connectivity index (χ3n) is 3.85. The van der Waals surface area contributed by atoms with E-state index in [2.05, 4.69) is 13.9 Å². The highest BCUT2D eigenvalue weighted by atomic mass is 14.4. The first-order valence-corrected chi connectivity index (χ1v) is 5.46. The fraction of sp³-hybridized carbons (Fsp3) is 0.818. The van der Waals surface area contributed by atoms with E-state index >= 15 is 0 Å². The van der Waals surface area contributed by atoms with Crippen LogP contribution in [0.25, 0.3) is 0 Å². The molecule has 1 saturated carbocycles. The minimum Gasteiger partial charge on any atom is -0.114 e. The van der Waals surface area contributed by atoms with Gasteiger partial charge in [-0.05, 0) is 37.5 Å². The average molecular weight is 162 g/mol. The van der Waals surface area contributed by atoms with Crippen LogP contribution in [0.2, 0.25) is 0 Å². The maximum Gasteiger partial charge on any atom is 0.133 e. The lowest BCUT2D eigenvalue weighted by Crippen LogP contribution is -2.25. The third-order valence-corrected chi connectivity index (χ3v) is 3.85. The Labute approximate surface area is 76.8 Å². The molecule has 0 aromatic heterocycles. The Morgan fingerprint density at radius 1 is 1.08 bits per heavy atom. The van der Waals surface area contributed by atoms with Crippen LogP contribution in [0.4, 0.5) is 0 Å². The quantitative estimate of drug-likeness (QED) is 0.480. The van der Waals surface area contributed by atoms with Gasteiger partial charge in [0.05, 0.1) is 0 Å². The van der Waals surface area contributed by atoms with Gasteiger partial charge in [-0.15, -0.1) is 5.47 Å². The molecular weight excluding hydrogens is 143 g/mol. The molecule has 12 heavy (non-hydrogen) atoms. The summed E-state index contributed by atoms with van der Waals surface area (Å²) in [6, 6.07) is 0. The molecule has 0 N–H and O–H groups in total. The van der Waals surface area contributed by atoms with E-state index in [0.717, 1.165) is 5.41 Å². The lowest BCUT2D eigenvalue weighted by atomic mass is 9.64. The van der Waals surface area contributed by atoms with Crippen molar-refractivity contribution in [1.29, 1.82) is 0 Å². The largest absolute Gasteiger partial charge is 0.133 e. The average Bonchev–Trinajstić information content (AvgIpc) is 2.13. The van der Waals surface area contributed by atoms with Gasteiger partial charge in [0.25, 0.3) is 0 Å². The fourth-order valence-electron chi connectivity index (χ4n) is 2.81. The number of hydrogen-bond acceptors (Lipinski definition) is 0. The second-order valence-electron chi connectivity index (χ2n) is 4.82. The molecule has 0 saturated heterocycles. The van der Waals surface area contributed by atoms with Crippen LogP contribution in [-0.4, -0.2) is 7.85 Å². The first kappa shape index (κ1) is 8.41. The number of hydrogen-bond donors (Lipinski definition) is 0. The minimum absolute atomic E-state index is 0.762. The van der Waals surface area contributed by atoms with Crippen LogP contribution in [0.15, 0.2) is 11.5 Å². The molecule has 0 aromatic rings. The molecule has 66 valence electrons. The minimum atomic E-state index is 0.762. The van der Waals surface area contributed by atoms with Crippen LogP contribution in [0, 0.1) is 5.41 Å². The van der Waals surface area contributed by atoms with E-state index in [-0.39, 0.29) is 0 Å². The van der Waals surface area contributed by atoms with E-state index in [1.807, 2.05) is 0 Å². The monoisotopic (exact) mass is 162 g/mol. The summed E-state index contributed by atoms with van der Waals surface area (Å²) in [6.45, 7) is 0. The van der Waals surface area contributed by atoms with Gasteiger partial charge in [0.1, 0.15) is 7.85 Å². The van der Waals surface area contributed by atoms with Gasteiger partial charge >= 0.3 is 0 Å². The van der Waals surface area contributed by atoms with Gasteiger partial charge in [0, 0.05) is 0 Å². The predicted octanol–water partition coefficient (Wildman–Crippen LogP) is 2.64. The van der Waals surface area contributed by atoms with Crippen molar-refractivity contribution in [2.24, 2.45) is 5.41 Å². The zero-order valence-electron chi connectivity index (χ0n) is 8.23. The van der Waals surface area contributed by atoms with E-state index in [0.29, 0.717) is 0 Å². The zero-order valence-corrected chi connectivity index (χ0v) is 8.23. The molecule has 0 aromatic carbocycles. The molecule has 0 radical (unpaired) electrons. The Hall–Kier alpha value is -0.195. The van der Waals surface area contributed by atoms with Crippen molar-refractivity contribution in [2.45, 2.75) is 51.4 Å². The van der Waals surface area contributed by atoms with Crippen LogP contribution in [-0.2, 0) is 0 Å². The molecule has 0 heterocycles.